The van der Waals surface area contributed by atoms with Crippen LogP contribution in [-0.2, 0) is 4.79 Å². The molecule has 0 bridgehead atoms. The van der Waals surface area contributed by atoms with Crippen molar-refractivity contribution in [2.75, 3.05) is 7.05 Å². The summed E-state index contributed by atoms with van der Waals surface area (Å²) >= 11 is 1.47. The molecule has 0 radical (unpaired) electrons. The molecule has 3 atom stereocenters. The third-order valence-corrected chi connectivity index (χ3v) is 6.75. The lowest BCUT2D eigenvalue weighted by Crippen LogP contribution is -2.36. The Morgan fingerprint density at radius 3 is 2.69 bits per heavy atom. The van der Waals surface area contributed by atoms with E-state index in [0.717, 1.165) is 26.1 Å². The van der Waals surface area contributed by atoms with Crippen molar-refractivity contribution in [1.29, 1.82) is 0 Å². The molecule has 5 heteroatoms. The topological polar surface area (TPSA) is 40.5 Å². The summed E-state index contributed by atoms with van der Waals surface area (Å²) in [7, 11) is 1.75. The second-order valence-corrected chi connectivity index (χ2v) is 7.98. The van der Waals surface area contributed by atoms with Crippen LogP contribution in [0, 0.1) is 12.7 Å². The van der Waals surface area contributed by atoms with Crippen LogP contribution in [0.4, 0.5) is 4.39 Å². The van der Waals surface area contributed by atoms with Crippen molar-refractivity contribution in [2.24, 2.45) is 0 Å². The highest BCUT2D eigenvalue weighted by atomic mass is 32.1. The molecule has 1 amide bonds. The number of carbonyl (C=O) groups is 1. The molecule has 0 spiro atoms. The Hall–Kier alpha value is -2.24. The largest absolute Gasteiger partial charge is 0.385 e. The minimum absolute atomic E-state index is 0.0349. The van der Waals surface area contributed by atoms with Crippen LogP contribution in [0.15, 0.2) is 48.5 Å². The summed E-state index contributed by atoms with van der Waals surface area (Å²) < 4.78 is 14.6. The molecule has 0 saturated carbocycles. The van der Waals surface area contributed by atoms with Gasteiger partial charge in [0.05, 0.1) is 6.04 Å². The predicted molar refractivity (Wildman–Crippen MR) is 102 cm³/mol. The maximum atomic E-state index is 13.6. The van der Waals surface area contributed by atoms with E-state index in [0.29, 0.717) is 6.42 Å². The molecule has 3 unspecified atom stereocenters. The van der Waals surface area contributed by atoms with Gasteiger partial charge in [0, 0.05) is 29.0 Å². The van der Waals surface area contributed by atoms with Crippen molar-refractivity contribution in [2.45, 2.75) is 31.4 Å². The second-order valence-electron chi connectivity index (χ2n) is 6.89. The smallest absolute Gasteiger partial charge is 0.223 e. The van der Waals surface area contributed by atoms with E-state index in [4.69, 9.17) is 0 Å². The summed E-state index contributed by atoms with van der Waals surface area (Å²) in [6.45, 7) is 1.91. The fourth-order valence-corrected chi connectivity index (χ4v) is 5.20. The zero-order chi connectivity index (χ0) is 18.4. The van der Waals surface area contributed by atoms with Gasteiger partial charge in [0.1, 0.15) is 11.9 Å². The van der Waals surface area contributed by atoms with Gasteiger partial charge in [-0.25, -0.2) is 4.39 Å². The number of hydrogen-bond acceptors (Lipinski definition) is 3. The zero-order valence-corrected chi connectivity index (χ0v) is 15.5. The van der Waals surface area contributed by atoms with Crippen LogP contribution in [0.5, 0.6) is 0 Å². The number of likely N-dealkylation sites (N-methyl/N-ethyl adjacent to an activating group) is 1. The van der Waals surface area contributed by atoms with E-state index in [1.165, 1.54) is 23.5 Å². The third-order valence-electron chi connectivity index (χ3n) is 5.40. The van der Waals surface area contributed by atoms with Crippen molar-refractivity contribution in [3.05, 3.63) is 70.4 Å². The van der Waals surface area contributed by atoms with E-state index < -0.39 is 6.10 Å². The normalized spacial score (nSPS) is 21.5. The molecule has 3 nitrogen and oxygen atoms in total. The van der Waals surface area contributed by atoms with E-state index in [1.807, 2.05) is 37.3 Å². The van der Waals surface area contributed by atoms with Crippen LogP contribution < -0.4 is 0 Å². The highest BCUT2D eigenvalue weighted by molar-refractivity contribution is 7.19. The molecule has 1 N–H and O–H groups in total. The maximum absolute atomic E-state index is 13.6. The Labute approximate surface area is 155 Å². The Morgan fingerprint density at radius 1 is 1.23 bits per heavy atom. The maximum Gasteiger partial charge on any atom is 0.223 e. The summed E-state index contributed by atoms with van der Waals surface area (Å²) in [6, 6.07) is 14.2. The van der Waals surface area contributed by atoms with Gasteiger partial charge in [0.15, 0.2) is 0 Å². The first-order valence-corrected chi connectivity index (χ1v) is 9.46. The van der Waals surface area contributed by atoms with Crippen LogP contribution in [0.1, 0.15) is 34.4 Å². The van der Waals surface area contributed by atoms with Gasteiger partial charge in [-0.2, -0.15) is 0 Å². The number of thiophene rings is 1. The number of hydrogen-bond donors (Lipinski definition) is 1. The molecule has 2 aromatic carbocycles. The lowest BCUT2D eigenvalue weighted by Gasteiger charge is -2.29. The van der Waals surface area contributed by atoms with Gasteiger partial charge in [0.25, 0.3) is 0 Å². The first kappa shape index (κ1) is 17.2. The number of amides is 1. The molecule has 1 aliphatic heterocycles. The van der Waals surface area contributed by atoms with Gasteiger partial charge in [-0.1, -0.05) is 30.3 Å². The van der Waals surface area contributed by atoms with Crippen LogP contribution in [-0.4, -0.2) is 29.0 Å². The number of benzene rings is 2. The Kier molecular flexibility index (Phi) is 4.29. The SMILES string of the molecule is Cc1c(C(O)C2C(c3ccccc3)CC(=O)N2C)sc2ccc(F)cc12. The fourth-order valence-electron chi connectivity index (χ4n) is 3.99. The van der Waals surface area contributed by atoms with Crippen molar-refractivity contribution >= 4 is 27.3 Å². The van der Waals surface area contributed by atoms with Gasteiger partial charge in [0.2, 0.25) is 5.91 Å². The molecule has 4 rings (SSSR count). The van der Waals surface area contributed by atoms with Gasteiger partial charge in [-0.05, 0) is 41.6 Å². The van der Waals surface area contributed by atoms with E-state index in [2.05, 4.69) is 0 Å². The second kappa shape index (κ2) is 6.49. The molecule has 1 aromatic heterocycles. The van der Waals surface area contributed by atoms with Crippen molar-refractivity contribution in [3.63, 3.8) is 0 Å². The van der Waals surface area contributed by atoms with Crippen molar-refractivity contribution in [3.8, 4) is 0 Å². The van der Waals surface area contributed by atoms with Crippen LogP contribution in [0.25, 0.3) is 10.1 Å². The molecule has 0 aliphatic carbocycles. The summed E-state index contributed by atoms with van der Waals surface area (Å²) in [6.07, 6.45) is -0.419. The molecule has 26 heavy (non-hydrogen) atoms. The van der Waals surface area contributed by atoms with E-state index in [9.17, 15) is 14.3 Å². The highest BCUT2D eigenvalue weighted by Gasteiger charge is 2.43. The number of carbonyl (C=O) groups excluding carboxylic acids is 1. The minimum atomic E-state index is -0.808. The molecule has 1 fully saturated rings. The predicted octanol–water partition coefficient (Wildman–Crippen LogP) is 4.40. The number of aliphatic hydroxyl groups excluding tert-OH is 1. The summed E-state index contributed by atoms with van der Waals surface area (Å²) in [5, 5.41) is 12.0. The van der Waals surface area contributed by atoms with Crippen LogP contribution in [0.3, 0.4) is 0 Å². The number of nitrogens with zero attached hydrogens (tertiary/aromatic N) is 1. The van der Waals surface area contributed by atoms with E-state index in [1.54, 1.807) is 18.0 Å². The number of rotatable bonds is 3. The fraction of sp³-hybridized carbons (Fsp3) is 0.286. The average Bonchev–Trinajstić information content (AvgIpc) is 3.13. The summed E-state index contributed by atoms with van der Waals surface area (Å²) in [4.78, 5) is 14.8. The van der Waals surface area contributed by atoms with Crippen LogP contribution >= 0.6 is 11.3 Å². The van der Waals surface area contributed by atoms with Gasteiger partial charge in [-0.3, -0.25) is 4.79 Å². The summed E-state index contributed by atoms with van der Waals surface area (Å²) in [5.74, 6) is -0.312. The zero-order valence-electron chi connectivity index (χ0n) is 14.6. The highest BCUT2D eigenvalue weighted by Crippen LogP contribution is 2.44. The number of likely N-dealkylation sites (tertiary alicyclic amines) is 1. The van der Waals surface area contributed by atoms with Crippen LogP contribution in [0.2, 0.25) is 0 Å². The van der Waals surface area contributed by atoms with E-state index in [-0.39, 0.29) is 23.7 Å². The molecular formula is C21H20FNO2S. The number of aryl methyl sites for hydroxylation is 1. The third kappa shape index (κ3) is 2.72. The first-order chi connectivity index (χ1) is 12.5. The minimum Gasteiger partial charge on any atom is -0.385 e. The monoisotopic (exact) mass is 369 g/mol. The molecule has 2 heterocycles. The van der Waals surface area contributed by atoms with Crippen molar-refractivity contribution < 1.29 is 14.3 Å². The Morgan fingerprint density at radius 2 is 1.96 bits per heavy atom. The Balaban J connectivity index is 1.77. The van der Waals surface area contributed by atoms with E-state index >= 15 is 0 Å². The first-order valence-electron chi connectivity index (χ1n) is 8.64. The van der Waals surface area contributed by atoms with Gasteiger partial charge >= 0.3 is 0 Å². The molecular weight excluding hydrogens is 349 g/mol. The number of halogens is 1. The number of aliphatic hydroxyl groups is 1. The molecule has 1 aliphatic rings. The lowest BCUT2D eigenvalue weighted by molar-refractivity contribution is -0.128. The summed E-state index contributed by atoms with van der Waals surface area (Å²) in [5.41, 5.74) is 1.94. The van der Waals surface area contributed by atoms with Gasteiger partial charge < -0.3 is 10.0 Å². The average molecular weight is 369 g/mol. The standard InChI is InChI=1S/C21H20FNO2S/c1-12-15-10-14(22)8-9-17(15)26-21(12)20(25)19-16(11-18(24)23(19)2)13-6-4-3-5-7-13/h3-10,16,19-20,25H,11H2,1-2H3. The lowest BCUT2D eigenvalue weighted by atomic mass is 9.87. The van der Waals surface area contributed by atoms with Crippen molar-refractivity contribution in [1.82, 2.24) is 4.90 Å². The quantitative estimate of drug-likeness (QED) is 0.743. The molecule has 1 saturated heterocycles. The Bertz CT molecular complexity index is 969. The number of fused-ring (bicyclic) bond motifs is 1. The molecule has 134 valence electrons. The van der Waals surface area contributed by atoms with Gasteiger partial charge in [-0.15, -0.1) is 11.3 Å². The molecule has 3 aromatic rings.